The number of carbonyl (C=O) groups is 2. The van der Waals surface area contributed by atoms with E-state index in [2.05, 4.69) is 5.32 Å². The van der Waals surface area contributed by atoms with E-state index in [9.17, 15) is 9.59 Å². The second-order valence-electron chi connectivity index (χ2n) is 7.62. The summed E-state index contributed by atoms with van der Waals surface area (Å²) in [6.07, 6.45) is 5.82. The first-order valence-electron chi connectivity index (χ1n) is 7.57. The highest BCUT2D eigenvalue weighted by atomic mass is 16.2. The number of nitrogens with one attached hydrogen (secondary N) is 1. The average Bonchev–Trinajstić information content (AvgIpc) is 2.85. The normalized spacial score (nSPS) is 31.3. The number of amides is 1. The van der Waals surface area contributed by atoms with Crippen molar-refractivity contribution >= 4 is 11.7 Å². The zero-order valence-electron chi connectivity index (χ0n) is 12.7. The summed E-state index contributed by atoms with van der Waals surface area (Å²) in [5.41, 5.74) is -0.212. The molecule has 0 aromatic carbocycles. The Labute approximate surface area is 116 Å². The summed E-state index contributed by atoms with van der Waals surface area (Å²) in [7, 11) is 0. The van der Waals surface area contributed by atoms with Gasteiger partial charge in [0, 0.05) is 6.42 Å². The van der Waals surface area contributed by atoms with Gasteiger partial charge in [0.2, 0.25) is 5.91 Å². The van der Waals surface area contributed by atoms with Crippen molar-refractivity contribution in [2.75, 3.05) is 0 Å². The van der Waals surface area contributed by atoms with E-state index in [-0.39, 0.29) is 23.1 Å². The second-order valence-corrected chi connectivity index (χ2v) is 7.62. The Morgan fingerprint density at radius 2 is 1.89 bits per heavy atom. The molecule has 2 aliphatic rings. The topological polar surface area (TPSA) is 46.2 Å². The molecule has 1 amide bonds. The first kappa shape index (κ1) is 14.5. The Bertz CT molecular complexity index is 369. The smallest absolute Gasteiger partial charge is 0.220 e. The third kappa shape index (κ3) is 3.37. The molecule has 2 rings (SSSR count). The molecule has 108 valence electrons. The summed E-state index contributed by atoms with van der Waals surface area (Å²) < 4.78 is 0. The first-order valence-corrected chi connectivity index (χ1v) is 7.57. The van der Waals surface area contributed by atoms with Gasteiger partial charge in [-0.3, -0.25) is 9.59 Å². The van der Waals surface area contributed by atoms with Gasteiger partial charge in [0.1, 0.15) is 0 Å². The molecule has 0 aromatic heterocycles. The molecule has 4 atom stereocenters. The highest BCUT2D eigenvalue weighted by Crippen LogP contribution is 2.49. The van der Waals surface area contributed by atoms with E-state index in [1.807, 2.05) is 20.8 Å². The van der Waals surface area contributed by atoms with Crippen LogP contribution < -0.4 is 5.32 Å². The van der Waals surface area contributed by atoms with Gasteiger partial charge in [-0.25, -0.2) is 0 Å². The lowest BCUT2D eigenvalue weighted by atomic mass is 9.83. The number of carbonyl (C=O) groups excluding carboxylic acids is 2. The fraction of sp³-hybridized carbons (Fsp3) is 0.875. The fourth-order valence-electron chi connectivity index (χ4n) is 4.01. The van der Waals surface area contributed by atoms with Gasteiger partial charge in [0.05, 0.1) is 6.04 Å². The number of ketones is 1. The third-order valence-electron chi connectivity index (χ3n) is 4.91. The standard InChI is InChI=1S/C16H27NO2/c1-10(18)15(16(2,3)4)17-14(19)9-13-8-11-5-6-12(13)7-11/h11-13,15H,5-9H2,1-4H3,(H,17,19). The lowest BCUT2D eigenvalue weighted by Gasteiger charge is -2.30. The predicted octanol–water partition coefficient (Wildman–Crippen LogP) is 2.93. The average molecular weight is 265 g/mol. The fourth-order valence-corrected chi connectivity index (χ4v) is 4.01. The first-order chi connectivity index (χ1) is 8.77. The molecule has 3 nitrogen and oxygen atoms in total. The highest BCUT2D eigenvalue weighted by molar-refractivity contribution is 5.88. The molecule has 0 radical (unpaired) electrons. The van der Waals surface area contributed by atoms with Crippen LogP contribution in [0.25, 0.3) is 0 Å². The van der Waals surface area contributed by atoms with Crippen molar-refractivity contribution in [2.24, 2.45) is 23.2 Å². The minimum atomic E-state index is -0.362. The third-order valence-corrected chi connectivity index (χ3v) is 4.91. The zero-order chi connectivity index (χ0) is 14.2. The molecule has 1 N–H and O–H groups in total. The van der Waals surface area contributed by atoms with Gasteiger partial charge in [-0.2, -0.15) is 0 Å². The molecule has 0 spiro atoms. The molecular weight excluding hydrogens is 238 g/mol. The summed E-state index contributed by atoms with van der Waals surface area (Å²) in [6.45, 7) is 7.55. The van der Waals surface area contributed by atoms with Crippen LogP contribution in [-0.2, 0) is 9.59 Å². The Morgan fingerprint density at radius 3 is 2.32 bits per heavy atom. The Balaban J connectivity index is 1.88. The molecule has 0 heterocycles. The van der Waals surface area contributed by atoms with Gasteiger partial charge >= 0.3 is 0 Å². The largest absolute Gasteiger partial charge is 0.346 e. The SMILES string of the molecule is CC(=O)C(NC(=O)CC1CC2CCC1C2)C(C)(C)C. The van der Waals surface area contributed by atoms with E-state index in [1.165, 1.54) is 25.7 Å². The van der Waals surface area contributed by atoms with Crippen molar-refractivity contribution in [3.8, 4) is 0 Å². The van der Waals surface area contributed by atoms with E-state index in [0.717, 1.165) is 11.8 Å². The Hall–Kier alpha value is -0.860. The van der Waals surface area contributed by atoms with Crippen molar-refractivity contribution in [3.05, 3.63) is 0 Å². The van der Waals surface area contributed by atoms with Crippen molar-refractivity contribution in [1.29, 1.82) is 0 Å². The maximum atomic E-state index is 12.2. The van der Waals surface area contributed by atoms with Crippen LogP contribution in [-0.4, -0.2) is 17.7 Å². The van der Waals surface area contributed by atoms with Gasteiger partial charge < -0.3 is 5.32 Å². The maximum Gasteiger partial charge on any atom is 0.220 e. The molecule has 19 heavy (non-hydrogen) atoms. The second kappa shape index (κ2) is 5.26. The molecule has 2 bridgehead atoms. The van der Waals surface area contributed by atoms with Crippen LogP contribution in [0.4, 0.5) is 0 Å². The quantitative estimate of drug-likeness (QED) is 0.849. The summed E-state index contributed by atoms with van der Waals surface area (Å²) in [5, 5.41) is 2.95. The number of hydrogen-bond donors (Lipinski definition) is 1. The summed E-state index contributed by atoms with van der Waals surface area (Å²) in [4.78, 5) is 23.8. The van der Waals surface area contributed by atoms with Crippen LogP contribution in [0.1, 0.15) is 59.8 Å². The van der Waals surface area contributed by atoms with E-state index < -0.39 is 0 Å². The van der Waals surface area contributed by atoms with E-state index in [4.69, 9.17) is 0 Å². The minimum absolute atomic E-state index is 0.0498. The number of Topliss-reactive ketones (excluding diaryl/α,β-unsaturated/α-hetero) is 1. The van der Waals surface area contributed by atoms with Gasteiger partial charge in [-0.15, -0.1) is 0 Å². The molecule has 0 aliphatic heterocycles. The summed E-state index contributed by atoms with van der Waals surface area (Å²) in [5.74, 6) is 2.31. The lowest BCUT2D eigenvalue weighted by molar-refractivity contribution is -0.129. The van der Waals surface area contributed by atoms with E-state index in [1.54, 1.807) is 6.92 Å². The van der Waals surface area contributed by atoms with Crippen molar-refractivity contribution in [2.45, 2.75) is 65.8 Å². The molecule has 4 unspecified atom stereocenters. The Morgan fingerprint density at radius 1 is 1.21 bits per heavy atom. The minimum Gasteiger partial charge on any atom is -0.346 e. The molecular formula is C16H27NO2. The van der Waals surface area contributed by atoms with Crippen molar-refractivity contribution in [1.82, 2.24) is 5.32 Å². The van der Waals surface area contributed by atoms with Crippen LogP contribution in [0.3, 0.4) is 0 Å². The van der Waals surface area contributed by atoms with Crippen LogP contribution in [0.2, 0.25) is 0 Å². The highest BCUT2D eigenvalue weighted by Gasteiger charge is 2.40. The van der Waals surface area contributed by atoms with Crippen molar-refractivity contribution in [3.63, 3.8) is 0 Å². The number of hydrogen-bond acceptors (Lipinski definition) is 2. The Kier molecular flexibility index (Phi) is 4.03. The summed E-state index contributed by atoms with van der Waals surface area (Å²) >= 11 is 0. The monoisotopic (exact) mass is 265 g/mol. The van der Waals surface area contributed by atoms with E-state index in [0.29, 0.717) is 12.3 Å². The molecule has 3 heteroatoms. The zero-order valence-corrected chi connectivity index (χ0v) is 12.7. The van der Waals surface area contributed by atoms with Gasteiger partial charge in [-0.05, 0) is 49.4 Å². The molecule has 0 aromatic rings. The lowest BCUT2D eigenvalue weighted by Crippen LogP contribution is -2.48. The van der Waals surface area contributed by atoms with Crippen LogP contribution in [0, 0.1) is 23.2 Å². The molecule has 0 saturated heterocycles. The predicted molar refractivity (Wildman–Crippen MR) is 75.6 cm³/mol. The number of rotatable bonds is 4. The van der Waals surface area contributed by atoms with Gasteiger partial charge in [-0.1, -0.05) is 27.2 Å². The summed E-state index contributed by atoms with van der Waals surface area (Å²) in [6, 6.07) is -0.362. The van der Waals surface area contributed by atoms with Crippen LogP contribution >= 0.6 is 0 Å². The van der Waals surface area contributed by atoms with Crippen molar-refractivity contribution < 1.29 is 9.59 Å². The molecule has 2 aliphatic carbocycles. The van der Waals surface area contributed by atoms with Crippen LogP contribution in [0.5, 0.6) is 0 Å². The van der Waals surface area contributed by atoms with Gasteiger partial charge in [0.15, 0.2) is 5.78 Å². The van der Waals surface area contributed by atoms with E-state index >= 15 is 0 Å². The van der Waals surface area contributed by atoms with Crippen LogP contribution in [0.15, 0.2) is 0 Å². The van der Waals surface area contributed by atoms with Gasteiger partial charge in [0.25, 0.3) is 0 Å². The number of fused-ring (bicyclic) bond motifs is 2. The molecule has 2 saturated carbocycles. The molecule has 2 fully saturated rings. The maximum absolute atomic E-state index is 12.2.